The van der Waals surface area contributed by atoms with Crippen LogP contribution in [0.25, 0.3) is 0 Å². The summed E-state index contributed by atoms with van der Waals surface area (Å²) in [5.41, 5.74) is 4.46. The lowest BCUT2D eigenvalue weighted by Crippen LogP contribution is -2.36. The molecule has 1 aliphatic heterocycles. The first-order valence-corrected chi connectivity index (χ1v) is 10.6. The molecule has 1 N–H and O–H groups in total. The minimum atomic E-state index is -0.542. The number of para-hydroxylation sites is 1. The van der Waals surface area contributed by atoms with Crippen molar-refractivity contribution in [2.24, 2.45) is 0 Å². The number of rotatable bonds is 5. The molecule has 4 rings (SSSR count). The Balaban J connectivity index is 1.80. The van der Waals surface area contributed by atoms with Gasteiger partial charge < -0.3 is 19.5 Å². The van der Waals surface area contributed by atoms with E-state index >= 15 is 0 Å². The largest absolute Gasteiger partial charge is 0.497 e. The van der Waals surface area contributed by atoms with Gasteiger partial charge in [0.15, 0.2) is 5.78 Å². The van der Waals surface area contributed by atoms with Crippen molar-refractivity contribution < 1.29 is 23.8 Å². The van der Waals surface area contributed by atoms with Gasteiger partial charge in [-0.25, -0.2) is 4.79 Å². The van der Waals surface area contributed by atoms with E-state index in [1.807, 2.05) is 55.5 Å². The second kappa shape index (κ2) is 8.91. The number of allylic oxidation sites excluding steroid dienone is 3. The fourth-order valence-electron chi connectivity index (χ4n) is 4.75. The zero-order valence-electron chi connectivity index (χ0n) is 18.7. The summed E-state index contributed by atoms with van der Waals surface area (Å²) in [6, 6.07) is 15.3. The maximum absolute atomic E-state index is 13.5. The molecule has 0 unspecified atom stereocenters. The molecule has 0 aromatic heterocycles. The van der Waals surface area contributed by atoms with Crippen LogP contribution in [0, 0.1) is 0 Å². The maximum atomic E-state index is 13.5. The molecule has 2 aromatic rings. The number of methoxy groups -OCH3 is 3. The van der Waals surface area contributed by atoms with Gasteiger partial charge in [-0.2, -0.15) is 0 Å². The van der Waals surface area contributed by atoms with E-state index < -0.39 is 11.9 Å². The van der Waals surface area contributed by atoms with Crippen LogP contribution in [0.5, 0.6) is 11.5 Å². The molecular weight excluding hydrogens is 406 g/mol. The summed E-state index contributed by atoms with van der Waals surface area (Å²) < 4.78 is 15.9. The van der Waals surface area contributed by atoms with Gasteiger partial charge in [-0.1, -0.05) is 30.3 Å². The number of carbonyl (C=O) groups is 2. The Labute approximate surface area is 187 Å². The van der Waals surface area contributed by atoms with E-state index in [2.05, 4.69) is 5.32 Å². The minimum absolute atomic E-state index is 0.0179. The molecule has 2 aromatic carbocycles. The molecule has 1 heterocycles. The Morgan fingerprint density at radius 2 is 1.69 bits per heavy atom. The van der Waals surface area contributed by atoms with Gasteiger partial charge in [-0.15, -0.1) is 0 Å². The van der Waals surface area contributed by atoms with Crippen molar-refractivity contribution in [3.05, 3.63) is 82.2 Å². The first kappa shape index (κ1) is 21.7. The Kier molecular flexibility index (Phi) is 6.04. The lowest BCUT2D eigenvalue weighted by atomic mass is 9.71. The Bertz CT molecular complexity index is 1110. The summed E-state index contributed by atoms with van der Waals surface area (Å²) in [7, 11) is 4.58. The SMILES string of the molecule is COC(=O)C1=C(C)NC2=C(C(=O)C[C@H](c3ccc(OC)cc3)C2)[C@H]1c1ccccc1OC. The number of esters is 1. The molecule has 6 nitrogen and oxygen atoms in total. The minimum Gasteiger partial charge on any atom is -0.497 e. The molecule has 1 aliphatic carbocycles. The first-order valence-electron chi connectivity index (χ1n) is 10.6. The number of benzene rings is 2. The predicted molar refractivity (Wildman–Crippen MR) is 121 cm³/mol. The van der Waals surface area contributed by atoms with Crippen molar-refractivity contribution in [2.75, 3.05) is 21.3 Å². The summed E-state index contributed by atoms with van der Waals surface area (Å²) in [6.07, 6.45) is 1.04. The van der Waals surface area contributed by atoms with Crippen LogP contribution in [0.1, 0.15) is 42.7 Å². The van der Waals surface area contributed by atoms with Gasteiger partial charge >= 0.3 is 5.97 Å². The zero-order chi connectivity index (χ0) is 22.8. The van der Waals surface area contributed by atoms with Crippen LogP contribution in [-0.4, -0.2) is 33.1 Å². The van der Waals surface area contributed by atoms with Crippen molar-refractivity contribution in [3.63, 3.8) is 0 Å². The molecule has 166 valence electrons. The maximum Gasteiger partial charge on any atom is 0.336 e. The summed E-state index contributed by atoms with van der Waals surface area (Å²) >= 11 is 0. The predicted octanol–water partition coefficient (Wildman–Crippen LogP) is 4.24. The molecule has 0 saturated heterocycles. The second-order valence-electron chi connectivity index (χ2n) is 8.02. The number of hydrogen-bond donors (Lipinski definition) is 1. The topological polar surface area (TPSA) is 73.9 Å². The van der Waals surface area contributed by atoms with Crippen LogP contribution in [-0.2, 0) is 14.3 Å². The normalized spacial score (nSPS) is 20.4. The van der Waals surface area contributed by atoms with Crippen LogP contribution in [0.2, 0.25) is 0 Å². The molecule has 6 heteroatoms. The lowest BCUT2D eigenvalue weighted by molar-refractivity contribution is -0.136. The van der Waals surface area contributed by atoms with E-state index in [0.717, 1.165) is 22.6 Å². The van der Waals surface area contributed by atoms with Crippen LogP contribution in [0.4, 0.5) is 0 Å². The fraction of sp³-hybridized carbons (Fsp3) is 0.308. The van der Waals surface area contributed by atoms with E-state index in [0.29, 0.717) is 35.4 Å². The van der Waals surface area contributed by atoms with E-state index in [-0.39, 0.29) is 11.7 Å². The molecule has 32 heavy (non-hydrogen) atoms. The zero-order valence-corrected chi connectivity index (χ0v) is 18.7. The first-order chi connectivity index (χ1) is 15.5. The summed E-state index contributed by atoms with van der Waals surface area (Å²) in [5.74, 6) is 0.478. The second-order valence-corrected chi connectivity index (χ2v) is 8.02. The van der Waals surface area contributed by atoms with Gasteiger partial charge in [0.05, 0.1) is 32.8 Å². The third kappa shape index (κ3) is 3.77. The van der Waals surface area contributed by atoms with Crippen molar-refractivity contribution >= 4 is 11.8 Å². The molecule has 0 spiro atoms. The fourth-order valence-corrected chi connectivity index (χ4v) is 4.75. The summed E-state index contributed by atoms with van der Waals surface area (Å²) in [4.78, 5) is 26.3. The number of carbonyl (C=O) groups excluding carboxylic acids is 2. The highest BCUT2D eigenvalue weighted by molar-refractivity contribution is 6.04. The molecule has 0 fully saturated rings. The van der Waals surface area contributed by atoms with E-state index in [1.54, 1.807) is 14.2 Å². The Hall–Kier alpha value is -3.54. The van der Waals surface area contributed by atoms with E-state index in [4.69, 9.17) is 14.2 Å². The number of nitrogens with one attached hydrogen (secondary N) is 1. The van der Waals surface area contributed by atoms with Crippen LogP contribution in [0.3, 0.4) is 0 Å². The lowest BCUT2D eigenvalue weighted by Gasteiger charge is -2.37. The van der Waals surface area contributed by atoms with Crippen molar-refractivity contribution in [1.82, 2.24) is 5.32 Å². The van der Waals surface area contributed by atoms with E-state index in [1.165, 1.54) is 7.11 Å². The molecular formula is C26H27NO5. The number of ketones is 1. The number of hydrogen-bond acceptors (Lipinski definition) is 6. The van der Waals surface area contributed by atoms with Gasteiger partial charge in [0, 0.05) is 29.0 Å². The van der Waals surface area contributed by atoms with Crippen LogP contribution < -0.4 is 14.8 Å². The van der Waals surface area contributed by atoms with Gasteiger partial charge in [-0.05, 0) is 43.0 Å². The number of Topliss-reactive ketones (excluding diaryl/α,β-unsaturated/α-hetero) is 1. The molecule has 0 saturated carbocycles. The number of ether oxygens (including phenoxy) is 3. The quantitative estimate of drug-likeness (QED) is 0.711. The standard InChI is InChI=1S/C26H27NO5/c1-15-23(26(29)32-4)24(19-7-5-6-8-22(19)31-3)25-20(27-15)13-17(14-21(25)28)16-9-11-18(30-2)12-10-16/h5-12,17,24,27H,13-14H2,1-4H3/t17-,24+/m1/s1. The molecule has 2 atom stereocenters. The van der Waals surface area contributed by atoms with Crippen molar-refractivity contribution in [1.29, 1.82) is 0 Å². The Morgan fingerprint density at radius 1 is 0.969 bits per heavy atom. The summed E-state index contributed by atoms with van der Waals surface area (Å²) in [6.45, 7) is 1.85. The van der Waals surface area contributed by atoms with Crippen molar-refractivity contribution in [2.45, 2.75) is 31.6 Å². The monoisotopic (exact) mass is 433 g/mol. The third-order valence-electron chi connectivity index (χ3n) is 6.27. The molecule has 2 aliphatic rings. The number of dihydropyridines is 1. The average molecular weight is 434 g/mol. The highest BCUT2D eigenvalue weighted by Crippen LogP contribution is 2.47. The summed E-state index contributed by atoms with van der Waals surface area (Å²) in [5, 5.41) is 3.35. The van der Waals surface area contributed by atoms with Gasteiger partial charge in [-0.3, -0.25) is 4.79 Å². The highest BCUT2D eigenvalue weighted by atomic mass is 16.5. The van der Waals surface area contributed by atoms with Crippen LogP contribution in [0.15, 0.2) is 71.1 Å². The highest BCUT2D eigenvalue weighted by Gasteiger charge is 2.42. The van der Waals surface area contributed by atoms with Gasteiger partial charge in [0.25, 0.3) is 0 Å². The van der Waals surface area contributed by atoms with Gasteiger partial charge in [0.1, 0.15) is 11.5 Å². The smallest absolute Gasteiger partial charge is 0.336 e. The third-order valence-corrected chi connectivity index (χ3v) is 6.27. The Morgan fingerprint density at radius 3 is 2.34 bits per heavy atom. The van der Waals surface area contributed by atoms with E-state index in [9.17, 15) is 9.59 Å². The van der Waals surface area contributed by atoms with Gasteiger partial charge in [0.2, 0.25) is 0 Å². The van der Waals surface area contributed by atoms with Crippen LogP contribution >= 0.6 is 0 Å². The molecule has 0 radical (unpaired) electrons. The van der Waals surface area contributed by atoms with Crippen molar-refractivity contribution in [3.8, 4) is 11.5 Å². The molecule has 0 amide bonds. The average Bonchev–Trinajstić information content (AvgIpc) is 2.82. The molecule has 0 bridgehead atoms.